The minimum atomic E-state index is -4.86. The van der Waals surface area contributed by atoms with Gasteiger partial charge in [-0.1, -0.05) is 13.8 Å². The van der Waals surface area contributed by atoms with Gasteiger partial charge < -0.3 is 15.6 Å². The fourth-order valence-corrected chi connectivity index (χ4v) is 2.57. The van der Waals surface area contributed by atoms with Gasteiger partial charge in [0.05, 0.1) is 7.11 Å². The second-order valence-electron chi connectivity index (χ2n) is 6.27. The Labute approximate surface area is 133 Å². The summed E-state index contributed by atoms with van der Waals surface area (Å²) in [6.07, 6.45) is -5.51. The first-order valence-electron chi connectivity index (χ1n) is 7.06. The average molecular weight is 333 g/mol. The molecule has 0 aliphatic rings. The van der Waals surface area contributed by atoms with Crippen LogP contribution in [0.25, 0.3) is 0 Å². The third-order valence-corrected chi connectivity index (χ3v) is 3.93. The van der Waals surface area contributed by atoms with Crippen LogP contribution in [-0.2, 0) is 5.41 Å². The summed E-state index contributed by atoms with van der Waals surface area (Å²) >= 11 is 0. The Morgan fingerprint density at radius 2 is 1.87 bits per heavy atom. The highest BCUT2D eigenvalue weighted by Crippen LogP contribution is 2.43. The van der Waals surface area contributed by atoms with Crippen LogP contribution in [-0.4, -0.2) is 36.3 Å². The van der Waals surface area contributed by atoms with E-state index in [0.29, 0.717) is 16.9 Å². The van der Waals surface area contributed by atoms with Crippen molar-refractivity contribution in [3.05, 3.63) is 29.3 Å². The average Bonchev–Trinajstić information content (AvgIpc) is 2.44. The van der Waals surface area contributed by atoms with Crippen molar-refractivity contribution in [3.63, 3.8) is 0 Å². The van der Waals surface area contributed by atoms with E-state index in [2.05, 4.69) is 0 Å². The van der Waals surface area contributed by atoms with Crippen LogP contribution in [0.3, 0.4) is 0 Å². The summed E-state index contributed by atoms with van der Waals surface area (Å²) in [5.41, 5.74) is 1.79. The van der Waals surface area contributed by atoms with E-state index in [4.69, 9.17) is 10.5 Å². The zero-order valence-electron chi connectivity index (χ0n) is 13.6. The van der Waals surface area contributed by atoms with Crippen LogP contribution in [0.5, 0.6) is 5.75 Å². The molecular formula is C16H22F3NO3. The summed E-state index contributed by atoms with van der Waals surface area (Å²) < 4.78 is 44.6. The number of alkyl halides is 3. The first kappa shape index (κ1) is 19.4. The molecule has 0 radical (unpaired) electrons. The molecule has 1 aromatic rings. The minimum Gasteiger partial charge on any atom is -0.496 e. The van der Waals surface area contributed by atoms with Crippen molar-refractivity contribution in [1.29, 1.82) is 0 Å². The smallest absolute Gasteiger partial charge is 0.418 e. The van der Waals surface area contributed by atoms with Gasteiger partial charge in [-0.2, -0.15) is 13.2 Å². The maximum atomic E-state index is 13.1. The van der Waals surface area contributed by atoms with Crippen LogP contribution in [0.2, 0.25) is 0 Å². The molecular weight excluding hydrogens is 311 g/mol. The SMILES string of the molecule is COc1ccc(C(C)=O)cc1C(C)(C)CC(O)(CN)C(F)(F)F. The lowest BCUT2D eigenvalue weighted by Crippen LogP contribution is -2.54. The van der Waals surface area contributed by atoms with Crippen molar-refractivity contribution in [2.24, 2.45) is 5.73 Å². The quantitative estimate of drug-likeness (QED) is 0.785. The van der Waals surface area contributed by atoms with Crippen molar-refractivity contribution in [3.8, 4) is 5.75 Å². The zero-order chi connectivity index (χ0) is 18.1. The molecule has 0 heterocycles. The van der Waals surface area contributed by atoms with E-state index >= 15 is 0 Å². The summed E-state index contributed by atoms with van der Waals surface area (Å²) in [6.45, 7) is 3.50. The monoisotopic (exact) mass is 333 g/mol. The normalized spacial score (nSPS) is 15.2. The molecule has 0 aromatic heterocycles. The van der Waals surface area contributed by atoms with Crippen LogP contribution in [0.1, 0.15) is 43.1 Å². The number of aliphatic hydroxyl groups is 1. The number of Topliss-reactive ketones (excluding diaryl/α,β-unsaturated/α-hetero) is 1. The number of ether oxygens (including phenoxy) is 1. The number of hydrogen-bond donors (Lipinski definition) is 2. The lowest BCUT2D eigenvalue weighted by molar-refractivity contribution is -0.262. The Balaban J connectivity index is 3.37. The van der Waals surface area contributed by atoms with E-state index < -0.39 is 30.2 Å². The highest BCUT2D eigenvalue weighted by molar-refractivity contribution is 5.94. The number of carbonyl (C=O) groups excluding carboxylic acids is 1. The summed E-state index contributed by atoms with van der Waals surface area (Å²) in [5, 5.41) is 9.94. The molecule has 1 aromatic carbocycles. The molecule has 0 saturated heterocycles. The number of rotatable bonds is 6. The van der Waals surface area contributed by atoms with E-state index in [1.54, 1.807) is 19.9 Å². The topological polar surface area (TPSA) is 72.5 Å². The minimum absolute atomic E-state index is 0.213. The Hall–Kier alpha value is -1.60. The summed E-state index contributed by atoms with van der Waals surface area (Å²) in [7, 11) is 1.39. The van der Waals surface area contributed by atoms with Gasteiger partial charge in [0, 0.05) is 17.7 Å². The highest BCUT2D eigenvalue weighted by atomic mass is 19.4. The van der Waals surface area contributed by atoms with Crippen LogP contribution >= 0.6 is 0 Å². The largest absolute Gasteiger partial charge is 0.496 e. The molecule has 1 unspecified atom stereocenters. The van der Waals surface area contributed by atoms with Gasteiger partial charge in [-0.25, -0.2) is 0 Å². The summed E-state index contributed by atoms with van der Waals surface area (Å²) in [4.78, 5) is 11.5. The second kappa shape index (κ2) is 6.49. The first-order chi connectivity index (χ1) is 10.4. The van der Waals surface area contributed by atoms with Crippen molar-refractivity contribution < 1.29 is 27.8 Å². The fourth-order valence-electron chi connectivity index (χ4n) is 2.57. The molecule has 0 fully saturated rings. The highest BCUT2D eigenvalue weighted by Gasteiger charge is 2.55. The van der Waals surface area contributed by atoms with Crippen molar-refractivity contribution in [2.45, 2.75) is 44.4 Å². The van der Waals surface area contributed by atoms with E-state index in [1.807, 2.05) is 0 Å². The number of carbonyl (C=O) groups is 1. The van der Waals surface area contributed by atoms with Crippen LogP contribution in [0.4, 0.5) is 13.2 Å². The Morgan fingerprint density at radius 1 is 1.30 bits per heavy atom. The third-order valence-electron chi connectivity index (χ3n) is 3.93. The van der Waals surface area contributed by atoms with E-state index in [-0.39, 0.29) is 5.78 Å². The maximum absolute atomic E-state index is 13.1. The van der Waals surface area contributed by atoms with Crippen LogP contribution < -0.4 is 10.5 Å². The van der Waals surface area contributed by atoms with Gasteiger partial charge >= 0.3 is 6.18 Å². The molecule has 3 N–H and O–H groups in total. The number of nitrogens with two attached hydrogens (primary N) is 1. The predicted molar refractivity (Wildman–Crippen MR) is 80.7 cm³/mol. The number of halogens is 3. The van der Waals surface area contributed by atoms with E-state index in [0.717, 1.165) is 0 Å². The molecule has 0 saturated carbocycles. The van der Waals surface area contributed by atoms with Gasteiger partial charge in [0.2, 0.25) is 0 Å². The molecule has 0 amide bonds. The standard InChI is InChI=1S/C16H22F3NO3/c1-10(21)11-5-6-13(23-4)12(7-11)14(2,3)8-15(22,9-20)16(17,18)19/h5-7,22H,8-9,20H2,1-4H3. The molecule has 4 nitrogen and oxygen atoms in total. The second-order valence-corrected chi connectivity index (χ2v) is 6.27. The Bertz CT molecular complexity index is 584. The molecule has 23 heavy (non-hydrogen) atoms. The van der Waals surface area contributed by atoms with Gasteiger partial charge in [0.15, 0.2) is 11.4 Å². The lowest BCUT2D eigenvalue weighted by Gasteiger charge is -2.37. The maximum Gasteiger partial charge on any atom is 0.418 e. The van der Waals surface area contributed by atoms with Gasteiger partial charge in [0.25, 0.3) is 0 Å². The molecule has 0 aliphatic carbocycles. The van der Waals surface area contributed by atoms with Gasteiger partial charge in [-0.15, -0.1) is 0 Å². The van der Waals surface area contributed by atoms with Crippen LogP contribution in [0.15, 0.2) is 18.2 Å². The van der Waals surface area contributed by atoms with Crippen molar-refractivity contribution in [1.82, 2.24) is 0 Å². The number of methoxy groups -OCH3 is 1. The van der Waals surface area contributed by atoms with E-state index in [1.165, 1.54) is 26.2 Å². The Kier molecular flexibility index (Phi) is 5.49. The molecule has 7 heteroatoms. The first-order valence-corrected chi connectivity index (χ1v) is 7.06. The lowest BCUT2D eigenvalue weighted by atomic mass is 9.74. The van der Waals surface area contributed by atoms with Gasteiger partial charge in [-0.05, 0) is 37.0 Å². The third kappa shape index (κ3) is 4.03. The molecule has 130 valence electrons. The molecule has 0 spiro atoms. The Morgan fingerprint density at radius 3 is 2.26 bits per heavy atom. The number of benzene rings is 1. The molecule has 1 rings (SSSR count). The predicted octanol–water partition coefficient (Wildman–Crippen LogP) is 2.82. The zero-order valence-corrected chi connectivity index (χ0v) is 13.6. The van der Waals surface area contributed by atoms with E-state index in [9.17, 15) is 23.1 Å². The number of hydrogen-bond acceptors (Lipinski definition) is 4. The van der Waals surface area contributed by atoms with Gasteiger partial charge in [-0.3, -0.25) is 4.79 Å². The summed E-state index contributed by atoms with van der Waals surface area (Å²) in [5.74, 6) is 0.135. The van der Waals surface area contributed by atoms with Gasteiger partial charge in [0.1, 0.15) is 5.75 Å². The van der Waals surface area contributed by atoms with Crippen molar-refractivity contribution >= 4 is 5.78 Å². The van der Waals surface area contributed by atoms with Crippen LogP contribution in [0, 0.1) is 0 Å². The molecule has 1 atom stereocenters. The molecule has 0 aliphatic heterocycles. The summed E-state index contributed by atoms with van der Waals surface area (Å²) in [6, 6.07) is 4.57. The number of ketones is 1. The fraction of sp³-hybridized carbons (Fsp3) is 0.562. The van der Waals surface area contributed by atoms with Crippen molar-refractivity contribution in [2.75, 3.05) is 13.7 Å². The molecule has 0 bridgehead atoms.